The van der Waals surface area contributed by atoms with Crippen LogP contribution in [0, 0.1) is 5.92 Å². The van der Waals surface area contributed by atoms with Gasteiger partial charge in [-0.15, -0.1) is 0 Å². The second-order valence-corrected chi connectivity index (χ2v) is 4.08. The van der Waals surface area contributed by atoms with E-state index in [-0.39, 0.29) is 36.2 Å². The molecule has 0 radical (unpaired) electrons. The van der Waals surface area contributed by atoms with E-state index >= 15 is 0 Å². The fraction of sp³-hybridized carbons (Fsp3) is 0.538. The van der Waals surface area contributed by atoms with Gasteiger partial charge in [-0.05, 0) is 0 Å². The largest absolute Gasteiger partial charge is 0.469 e. The van der Waals surface area contributed by atoms with Crippen molar-refractivity contribution in [1.29, 1.82) is 0 Å². The Hall–Kier alpha value is -2.38. The lowest BCUT2D eigenvalue weighted by Crippen LogP contribution is -2.19. The number of ether oxygens (including phenoxy) is 3. The van der Waals surface area contributed by atoms with E-state index in [0.717, 1.165) is 0 Å². The molecule has 21 heavy (non-hydrogen) atoms. The highest BCUT2D eigenvalue weighted by atomic mass is 16.5. The Morgan fingerprint density at radius 1 is 1.19 bits per heavy atom. The lowest BCUT2D eigenvalue weighted by Gasteiger charge is -2.01. The number of rotatable bonds is 4. The fourth-order valence-corrected chi connectivity index (χ4v) is 1.40. The highest BCUT2D eigenvalue weighted by Crippen LogP contribution is 2.09. The van der Waals surface area contributed by atoms with E-state index in [9.17, 15) is 19.2 Å². The van der Waals surface area contributed by atoms with Gasteiger partial charge in [0.05, 0.1) is 33.7 Å². The van der Waals surface area contributed by atoms with Crippen LogP contribution in [0.25, 0.3) is 0 Å². The third-order valence-corrected chi connectivity index (χ3v) is 2.57. The van der Waals surface area contributed by atoms with Gasteiger partial charge in [0, 0.05) is 18.5 Å². The van der Waals surface area contributed by atoms with E-state index in [2.05, 4.69) is 26.1 Å². The van der Waals surface area contributed by atoms with Crippen molar-refractivity contribution in [3.8, 4) is 0 Å². The summed E-state index contributed by atoms with van der Waals surface area (Å²) >= 11 is 0. The number of methoxy groups -OCH3 is 3. The topological polar surface area (TPSA) is 108 Å². The second kappa shape index (κ2) is 9.51. The number of amides is 1. The fourth-order valence-electron chi connectivity index (χ4n) is 1.40. The van der Waals surface area contributed by atoms with Crippen LogP contribution in [-0.2, 0) is 33.4 Å². The summed E-state index contributed by atoms with van der Waals surface area (Å²) in [5.74, 6) is -1.73. The number of carbonyl (C=O) groups excluding carboxylic acids is 4. The molecular weight excluding hydrogens is 282 g/mol. The molecule has 0 spiro atoms. The molecule has 118 valence electrons. The molecule has 0 saturated carbocycles. The minimum atomic E-state index is -0.588. The van der Waals surface area contributed by atoms with Crippen molar-refractivity contribution in [2.45, 2.75) is 12.8 Å². The molecule has 1 atom stereocenters. The Labute approximate surface area is 122 Å². The number of nitrogens with one attached hydrogen (secondary N) is 1. The molecule has 1 aliphatic heterocycles. The van der Waals surface area contributed by atoms with Crippen LogP contribution in [0.3, 0.4) is 0 Å². The van der Waals surface area contributed by atoms with Crippen LogP contribution in [0.5, 0.6) is 0 Å². The summed E-state index contributed by atoms with van der Waals surface area (Å²) in [5.41, 5.74) is 0.0966. The van der Waals surface area contributed by atoms with Crippen LogP contribution in [0.4, 0.5) is 0 Å². The maximum absolute atomic E-state index is 10.7. The average Bonchev–Trinajstić information content (AvgIpc) is 2.92. The van der Waals surface area contributed by atoms with Crippen LogP contribution < -0.4 is 5.32 Å². The van der Waals surface area contributed by atoms with Crippen LogP contribution in [0.15, 0.2) is 12.2 Å². The maximum atomic E-state index is 10.7. The summed E-state index contributed by atoms with van der Waals surface area (Å²) in [6.45, 7) is 3.76. The van der Waals surface area contributed by atoms with Crippen molar-refractivity contribution >= 4 is 23.8 Å². The van der Waals surface area contributed by atoms with Crippen molar-refractivity contribution in [3.63, 3.8) is 0 Å². The Morgan fingerprint density at radius 2 is 1.81 bits per heavy atom. The van der Waals surface area contributed by atoms with Crippen LogP contribution >= 0.6 is 0 Å². The van der Waals surface area contributed by atoms with Crippen LogP contribution in [0.2, 0.25) is 0 Å². The molecule has 1 saturated heterocycles. The molecule has 1 heterocycles. The van der Waals surface area contributed by atoms with Gasteiger partial charge >= 0.3 is 17.9 Å². The molecule has 1 aliphatic rings. The molecule has 8 heteroatoms. The first-order valence-electron chi connectivity index (χ1n) is 6.03. The van der Waals surface area contributed by atoms with Crippen molar-refractivity contribution < 1.29 is 33.4 Å². The molecule has 0 aliphatic carbocycles. The van der Waals surface area contributed by atoms with Gasteiger partial charge in [-0.1, -0.05) is 6.58 Å². The summed E-state index contributed by atoms with van der Waals surface area (Å²) in [5, 5.41) is 2.55. The first-order valence-corrected chi connectivity index (χ1v) is 6.03. The van der Waals surface area contributed by atoms with E-state index in [1.54, 1.807) is 0 Å². The molecule has 1 amide bonds. The number of esters is 3. The molecule has 1 unspecified atom stereocenters. The number of carbonyl (C=O) groups is 4. The molecule has 0 bridgehead atoms. The zero-order chi connectivity index (χ0) is 16.4. The first-order chi connectivity index (χ1) is 9.85. The van der Waals surface area contributed by atoms with Crippen molar-refractivity contribution in [1.82, 2.24) is 5.32 Å². The van der Waals surface area contributed by atoms with E-state index in [1.165, 1.54) is 21.3 Å². The Morgan fingerprint density at radius 3 is 2.19 bits per heavy atom. The Balaban J connectivity index is 0.000000382. The van der Waals surface area contributed by atoms with Gasteiger partial charge in [-0.25, -0.2) is 4.79 Å². The van der Waals surface area contributed by atoms with E-state index < -0.39 is 11.9 Å². The van der Waals surface area contributed by atoms with Gasteiger partial charge in [0.1, 0.15) is 0 Å². The quantitative estimate of drug-likeness (QED) is 0.426. The van der Waals surface area contributed by atoms with Crippen LogP contribution in [-0.4, -0.2) is 51.7 Å². The zero-order valence-electron chi connectivity index (χ0n) is 12.3. The van der Waals surface area contributed by atoms with Crippen LogP contribution in [0.1, 0.15) is 12.8 Å². The van der Waals surface area contributed by atoms with Gasteiger partial charge in [-0.2, -0.15) is 0 Å². The SMILES string of the molecule is C=C(CC(=O)OC)C(=O)OC.COC(=O)C1CNC(=O)C1. The van der Waals surface area contributed by atoms with E-state index in [0.29, 0.717) is 6.54 Å². The lowest BCUT2D eigenvalue weighted by atomic mass is 10.1. The highest BCUT2D eigenvalue weighted by Gasteiger charge is 2.28. The minimum Gasteiger partial charge on any atom is -0.469 e. The predicted molar refractivity (Wildman–Crippen MR) is 70.9 cm³/mol. The number of hydrogen-bond acceptors (Lipinski definition) is 7. The maximum Gasteiger partial charge on any atom is 0.333 e. The summed E-state index contributed by atoms with van der Waals surface area (Å²) in [6.07, 6.45) is 0.149. The van der Waals surface area contributed by atoms with Gasteiger partial charge < -0.3 is 19.5 Å². The molecule has 1 N–H and O–H groups in total. The Bertz CT molecular complexity index is 430. The van der Waals surface area contributed by atoms with E-state index in [4.69, 9.17) is 0 Å². The first kappa shape index (κ1) is 18.6. The molecule has 0 aromatic heterocycles. The lowest BCUT2D eigenvalue weighted by molar-refractivity contribution is -0.145. The smallest absolute Gasteiger partial charge is 0.333 e. The average molecular weight is 301 g/mol. The molecule has 0 aromatic carbocycles. The monoisotopic (exact) mass is 301 g/mol. The summed E-state index contributed by atoms with van der Waals surface area (Å²) < 4.78 is 13.1. The standard InChI is InChI=1S/C7H10O4.C6H9NO3/c1-5(7(9)11-3)4-6(8)10-2;1-10-6(9)4-2-5(8)7-3-4/h1,4H2,2-3H3;4H,2-3H2,1H3,(H,7,8). The highest BCUT2D eigenvalue weighted by molar-refractivity contribution is 5.93. The minimum absolute atomic E-state index is 0.0737. The van der Waals surface area contributed by atoms with Gasteiger partial charge in [0.2, 0.25) is 5.91 Å². The normalized spacial score (nSPS) is 16.0. The number of hydrogen-bond donors (Lipinski definition) is 1. The Kier molecular flexibility index (Phi) is 8.43. The van der Waals surface area contributed by atoms with Crippen molar-refractivity contribution in [3.05, 3.63) is 12.2 Å². The van der Waals surface area contributed by atoms with Crippen molar-refractivity contribution in [2.75, 3.05) is 27.9 Å². The van der Waals surface area contributed by atoms with Gasteiger partial charge in [0.25, 0.3) is 0 Å². The van der Waals surface area contributed by atoms with Gasteiger partial charge in [-0.3, -0.25) is 14.4 Å². The molecule has 1 rings (SSSR count). The predicted octanol–water partition coefficient (Wildman–Crippen LogP) is -0.426. The van der Waals surface area contributed by atoms with Crippen molar-refractivity contribution in [2.24, 2.45) is 5.92 Å². The summed E-state index contributed by atoms with van der Waals surface area (Å²) in [4.78, 5) is 42.5. The second-order valence-electron chi connectivity index (χ2n) is 4.08. The molecule has 8 nitrogen and oxygen atoms in total. The zero-order valence-corrected chi connectivity index (χ0v) is 12.3. The third-order valence-electron chi connectivity index (χ3n) is 2.57. The third kappa shape index (κ3) is 7.09. The van der Waals surface area contributed by atoms with Gasteiger partial charge in [0.15, 0.2) is 0 Å². The summed E-state index contributed by atoms with van der Waals surface area (Å²) in [6, 6.07) is 0. The molecule has 1 fully saturated rings. The summed E-state index contributed by atoms with van der Waals surface area (Å²) in [7, 11) is 3.79. The molecule has 0 aromatic rings. The van der Waals surface area contributed by atoms with E-state index in [1.807, 2.05) is 0 Å². The molecular formula is C13H19NO7.